The molecule has 0 aromatic rings. The third-order valence-electron chi connectivity index (χ3n) is 3.43. The molecule has 0 radical (unpaired) electrons. The van der Waals surface area contributed by atoms with Gasteiger partial charge >= 0.3 is 5.97 Å². The van der Waals surface area contributed by atoms with Gasteiger partial charge in [-0.25, -0.2) is 0 Å². The van der Waals surface area contributed by atoms with Crippen LogP contribution in [-0.4, -0.2) is 47.3 Å². The summed E-state index contributed by atoms with van der Waals surface area (Å²) in [6.45, 7) is 6.29. The first-order chi connectivity index (χ1) is 6.93. The third-order valence-corrected chi connectivity index (χ3v) is 3.43. The Hall–Kier alpha value is -0.610. The Balaban J connectivity index is 2.61. The van der Waals surface area contributed by atoms with Crippen molar-refractivity contribution in [3.8, 4) is 0 Å². The fourth-order valence-corrected chi connectivity index (χ4v) is 2.22. The van der Waals surface area contributed by atoms with Crippen molar-refractivity contribution >= 4 is 5.97 Å². The summed E-state index contributed by atoms with van der Waals surface area (Å²) < 4.78 is 5.21. The standard InChI is InChI=1S/C11H21NO3/c1-5-12(11(2,3)10(13)14)8-6-9(7-8)15-4/h8-9H,5-7H2,1-4H3,(H,13,14). The van der Waals surface area contributed by atoms with Crippen LogP contribution in [0.4, 0.5) is 0 Å². The molecule has 0 amide bonds. The molecule has 15 heavy (non-hydrogen) atoms. The molecule has 1 saturated carbocycles. The molecule has 1 aliphatic rings. The van der Waals surface area contributed by atoms with Crippen LogP contribution in [-0.2, 0) is 9.53 Å². The van der Waals surface area contributed by atoms with E-state index in [0.29, 0.717) is 12.1 Å². The Labute approximate surface area is 91.2 Å². The lowest BCUT2D eigenvalue weighted by molar-refractivity contribution is -0.154. The van der Waals surface area contributed by atoms with Crippen molar-refractivity contribution in [3.63, 3.8) is 0 Å². The van der Waals surface area contributed by atoms with E-state index in [1.807, 2.05) is 11.8 Å². The zero-order chi connectivity index (χ0) is 11.6. The van der Waals surface area contributed by atoms with Gasteiger partial charge in [0, 0.05) is 13.2 Å². The number of nitrogens with zero attached hydrogens (tertiary/aromatic N) is 1. The zero-order valence-corrected chi connectivity index (χ0v) is 9.99. The van der Waals surface area contributed by atoms with Gasteiger partial charge in [-0.1, -0.05) is 6.92 Å². The molecule has 0 heterocycles. The van der Waals surface area contributed by atoms with Gasteiger partial charge in [-0.3, -0.25) is 9.69 Å². The maximum absolute atomic E-state index is 11.1. The van der Waals surface area contributed by atoms with Gasteiger partial charge in [0.15, 0.2) is 0 Å². The largest absolute Gasteiger partial charge is 0.480 e. The average Bonchev–Trinajstić information content (AvgIpc) is 2.09. The van der Waals surface area contributed by atoms with Crippen LogP contribution >= 0.6 is 0 Å². The molecular weight excluding hydrogens is 194 g/mol. The van der Waals surface area contributed by atoms with Gasteiger partial charge in [0.1, 0.15) is 5.54 Å². The number of carboxylic acids is 1. The van der Waals surface area contributed by atoms with Crippen molar-refractivity contribution < 1.29 is 14.6 Å². The van der Waals surface area contributed by atoms with Gasteiger partial charge in [-0.15, -0.1) is 0 Å². The molecule has 0 saturated heterocycles. The highest BCUT2D eigenvalue weighted by Gasteiger charge is 2.43. The first kappa shape index (κ1) is 12.5. The fourth-order valence-electron chi connectivity index (χ4n) is 2.22. The molecule has 0 unspecified atom stereocenters. The molecule has 0 atom stereocenters. The van der Waals surface area contributed by atoms with Crippen molar-refractivity contribution in [2.24, 2.45) is 0 Å². The molecule has 1 aliphatic carbocycles. The van der Waals surface area contributed by atoms with Crippen molar-refractivity contribution in [2.45, 2.75) is 51.3 Å². The van der Waals surface area contributed by atoms with Crippen LogP contribution in [0, 0.1) is 0 Å². The Morgan fingerprint density at radius 3 is 2.40 bits per heavy atom. The average molecular weight is 215 g/mol. The lowest BCUT2D eigenvalue weighted by atomic mass is 9.84. The third kappa shape index (κ3) is 2.32. The summed E-state index contributed by atoms with van der Waals surface area (Å²) in [5, 5.41) is 9.16. The number of carbonyl (C=O) groups is 1. The molecule has 1 N–H and O–H groups in total. The van der Waals surface area contributed by atoms with E-state index >= 15 is 0 Å². The first-order valence-corrected chi connectivity index (χ1v) is 5.46. The first-order valence-electron chi connectivity index (χ1n) is 5.46. The Morgan fingerprint density at radius 1 is 1.53 bits per heavy atom. The van der Waals surface area contributed by atoms with Crippen molar-refractivity contribution in [1.82, 2.24) is 4.90 Å². The van der Waals surface area contributed by atoms with Crippen LogP contribution in [0.2, 0.25) is 0 Å². The maximum Gasteiger partial charge on any atom is 0.323 e. The van der Waals surface area contributed by atoms with E-state index in [2.05, 4.69) is 0 Å². The maximum atomic E-state index is 11.1. The minimum absolute atomic E-state index is 0.314. The normalized spacial score (nSPS) is 26.5. The summed E-state index contributed by atoms with van der Waals surface area (Å²) in [7, 11) is 1.71. The molecule has 88 valence electrons. The van der Waals surface area contributed by atoms with E-state index in [-0.39, 0.29) is 0 Å². The highest BCUT2D eigenvalue weighted by molar-refractivity contribution is 5.77. The number of rotatable bonds is 5. The molecule has 0 bridgehead atoms. The van der Waals surface area contributed by atoms with Crippen molar-refractivity contribution in [1.29, 1.82) is 0 Å². The number of aliphatic carboxylic acids is 1. The number of hydrogen-bond donors (Lipinski definition) is 1. The lowest BCUT2D eigenvalue weighted by Crippen LogP contribution is -2.59. The van der Waals surface area contributed by atoms with Crippen LogP contribution in [0.15, 0.2) is 0 Å². The summed E-state index contributed by atoms with van der Waals surface area (Å²) in [5.41, 5.74) is -0.780. The predicted molar refractivity (Wildman–Crippen MR) is 57.9 cm³/mol. The summed E-state index contributed by atoms with van der Waals surface area (Å²) in [5.74, 6) is -0.759. The Morgan fingerprint density at radius 2 is 2.07 bits per heavy atom. The second kappa shape index (κ2) is 4.49. The summed E-state index contributed by atoms with van der Waals surface area (Å²) in [6.07, 6.45) is 2.20. The molecule has 0 aromatic heterocycles. The number of carboxylic acid groups (broad SMARTS) is 1. The summed E-state index contributed by atoms with van der Waals surface area (Å²) in [6, 6.07) is 0.353. The van der Waals surface area contributed by atoms with Crippen molar-refractivity contribution in [3.05, 3.63) is 0 Å². The molecule has 1 fully saturated rings. The number of hydrogen-bond acceptors (Lipinski definition) is 3. The van der Waals surface area contributed by atoms with Crippen LogP contribution in [0.1, 0.15) is 33.6 Å². The molecule has 0 spiro atoms. The Bertz CT molecular complexity index is 234. The van der Waals surface area contributed by atoms with Gasteiger partial charge < -0.3 is 9.84 Å². The highest BCUT2D eigenvalue weighted by atomic mass is 16.5. The molecule has 1 rings (SSSR count). The molecule has 0 aliphatic heterocycles. The van der Waals surface area contributed by atoms with Crippen LogP contribution in [0.5, 0.6) is 0 Å². The van der Waals surface area contributed by atoms with Gasteiger partial charge in [0.25, 0.3) is 0 Å². The van der Waals surface area contributed by atoms with E-state index in [0.717, 1.165) is 19.4 Å². The minimum Gasteiger partial charge on any atom is -0.480 e. The van der Waals surface area contributed by atoms with E-state index in [9.17, 15) is 4.79 Å². The second-order valence-corrected chi connectivity index (χ2v) is 4.63. The monoisotopic (exact) mass is 215 g/mol. The fraction of sp³-hybridized carbons (Fsp3) is 0.909. The summed E-state index contributed by atoms with van der Waals surface area (Å²) >= 11 is 0. The number of ether oxygens (including phenoxy) is 1. The van der Waals surface area contributed by atoms with Crippen LogP contribution in [0.3, 0.4) is 0 Å². The molecular formula is C11H21NO3. The van der Waals surface area contributed by atoms with E-state index in [1.165, 1.54) is 0 Å². The quantitative estimate of drug-likeness (QED) is 0.752. The highest BCUT2D eigenvalue weighted by Crippen LogP contribution is 2.32. The van der Waals surface area contributed by atoms with Gasteiger partial charge in [0.05, 0.1) is 6.10 Å². The smallest absolute Gasteiger partial charge is 0.323 e. The van der Waals surface area contributed by atoms with Crippen molar-refractivity contribution in [2.75, 3.05) is 13.7 Å². The molecule has 4 nitrogen and oxygen atoms in total. The number of methoxy groups -OCH3 is 1. The van der Waals surface area contributed by atoms with Gasteiger partial charge in [0.2, 0.25) is 0 Å². The van der Waals surface area contributed by atoms with Crippen LogP contribution < -0.4 is 0 Å². The van der Waals surface area contributed by atoms with Crippen LogP contribution in [0.25, 0.3) is 0 Å². The summed E-state index contributed by atoms with van der Waals surface area (Å²) in [4.78, 5) is 13.2. The zero-order valence-electron chi connectivity index (χ0n) is 9.99. The lowest BCUT2D eigenvalue weighted by Gasteiger charge is -2.47. The number of likely N-dealkylation sites (N-methyl/N-ethyl adjacent to an activating group) is 1. The second-order valence-electron chi connectivity index (χ2n) is 4.63. The Kier molecular flexibility index (Phi) is 3.73. The molecule has 0 aromatic carbocycles. The van der Waals surface area contributed by atoms with E-state index in [4.69, 9.17) is 9.84 Å². The van der Waals surface area contributed by atoms with E-state index < -0.39 is 11.5 Å². The van der Waals surface area contributed by atoms with E-state index in [1.54, 1.807) is 21.0 Å². The molecule has 4 heteroatoms. The minimum atomic E-state index is -0.780. The topological polar surface area (TPSA) is 49.8 Å². The predicted octanol–water partition coefficient (Wildman–Crippen LogP) is 1.35. The van der Waals surface area contributed by atoms with Gasteiger partial charge in [-0.2, -0.15) is 0 Å². The SMILES string of the molecule is CCN(C1CC(OC)C1)C(C)(C)C(=O)O. The van der Waals surface area contributed by atoms with Gasteiger partial charge in [-0.05, 0) is 33.2 Å².